The first kappa shape index (κ1) is 11.8. The Labute approximate surface area is 120 Å². The van der Waals surface area contributed by atoms with Crippen molar-refractivity contribution in [3.63, 3.8) is 0 Å². The third-order valence-electron chi connectivity index (χ3n) is 4.93. The van der Waals surface area contributed by atoms with Crippen LogP contribution in [0.15, 0.2) is 42.5 Å². The second-order valence-electron chi connectivity index (χ2n) is 6.33. The molecule has 3 aliphatic rings. The Kier molecular flexibility index (Phi) is 2.63. The Morgan fingerprint density at radius 3 is 2.42 bits per heavy atom. The fourth-order valence-corrected chi connectivity index (χ4v) is 3.89. The molecule has 2 saturated carbocycles. The van der Waals surface area contributed by atoms with Crippen molar-refractivity contribution in [1.29, 1.82) is 0 Å². The third-order valence-corrected chi connectivity index (χ3v) is 5.17. The van der Waals surface area contributed by atoms with Gasteiger partial charge in [0.15, 0.2) is 0 Å². The number of rotatable bonds is 3. The highest BCUT2D eigenvalue weighted by molar-refractivity contribution is 6.30. The third kappa shape index (κ3) is 2.07. The maximum Gasteiger partial charge on any atom is 0.0412 e. The van der Waals surface area contributed by atoms with Crippen LogP contribution in [-0.2, 0) is 0 Å². The van der Waals surface area contributed by atoms with Crippen molar-refractivity contribution in [3.05, 3.63) is 53.1 Å². The van der Waals surface area contributed by atoms with Crippen LogP contribution in [0.4, 0.5) is 0 Å². The molecule has 1 heteroatoms. The normalized spacial score (nSPS) is 25.2. The fourth-order valence-electron chi connectivity index (χ4n) is 3.70. The van der Waals surface area contributed by atoms with Crippen molar-refractivity contribution < 1.29 is 0 Å². The molecule has 0 bridgehead atoms. The maximum absolute atomic E-state index is 6.14. The summed E-state index contributed by atoms with van der Waals surface area (Å²) in [5.74, 6) is 1.82. The predicted molar refractivity (Wildman–Crippen MR) is 81.1 cm³/mol. The quantitative estimate of drug-likeness (QED) is 0.637. The lowest BCUT2D eigenvalue weighted by molar-refractivity contribution is 0.362. The minimum absolute atomic E-state index is 0.385. The van der Waals surface area contributed by atoms with E-state index in [0.29, 0.717) is 5.41 Å². The minimum atomic E-state index is 0.385. The van der Waals surface area contributed by atoms with Crippen LogP contribution in [-0.4, -0.2) is 0 Å². The summed E-state index contributed by atoms with van der Waals surface area (Å²) in [6, 6.07) is 8.32. The molecule has 0 radical (unpaired) electrons. The van der Waals surface area contributed by atoms with Crippen LogP contribution in [0.25, 0.3) is 5.57 Å². The van der Waals surface area contributed by atoms with Crippen LogP contribution in [0.2, 0.25) is 5.02 Å². The summed E-state index contributed by atoms with van der Waals surface area (Å²) in [6.07, 6.45) is 14.2. The van der Waals surface area contributed by atoms with E-state index in [2.05, 4.69) is 36.4 Å². The van der Waals surface area contributed by atoms with Gasteiger partial charge in [0.1, 0.15) is 0 Å². The molecule has 0 saturated heterocycles. The number of hydrogen-bond acceptors (Lipinski definition) is 0. The molecule has 0 unspecified atom stereocenters. The standard InChI is InChI=1S/C18H19Cl/c19-17-5-1-3-13(11-17)14-4-2-10-18(12-14,15-6-7-15)16-8-9-16/h1-3,5,10-12,15-16H,4,6-9H2. The number of benzene rings is 1. The highest BCUT2D eigenvalue weighted by Gasteiger charge is 2.51. The molecule has 0 amide bonds. The average Bonchev–Trinajstić information content (AvgIpc) is 3.31. The summed E-state index contributed by atoms with van der Waals surface area (Å²) in [6.45, 7) is 0. The van der Waals surface area contributed by atoms with Gasteiger partial charge in [0, 0.05) is 10.4 Å². The van der Waals surface area contributed by atoms with E-state index in [0.717, 1.165) is 23.3 Å². The zero-order valence-corrected chi connectivity index (χ0v) is 11.9. The van der Waals surface area contributed by atoms with Gasteiger partial charge in [-0.1, -0.05) is 42.0 Å². The molecule has 0 atom stereocenters. The Hall–Kier alpha value is -1.01. The van der Waals surface area contributed by atoms with Gasteiger partial charge in [-0.2, -0.15) is 0 Å². The second-order valence-corrected chi connectivity index (χ2v) is 6.77. The largest absolute Gasteiger partial charge is 0.0843 e. The molecular formula is C18H19Cl. The van der Waals surface area contributed by atoms with Gasteiger partial charge >= 0.3 is 0 Å². The van der Waals surface area contributed by atoms with Gasteiger partial charge in [-0.3, -0.25) is 0 Å². The van der Waals surface area contributed by atoms with Gasteiger partial charge in [-0.15, -0.1) is 0 Å². The van der Waals surface area contributed by atoms with Crippen molar-refractivity contribution in [2.45, 2.75) is 32.1 Å². The summed E-state index contributed by atoms with van der Waals surface area (Å²) < 4.78 is 0. The van der Waals surface area contributed by atoms with E-state index in [4.69, 9.17) is 11.6 Å². The SMILES string of the molecule is Clc1cccc(C2=CC(C3CC3)(C3CC3)C=CC2)c1. The molecule has 19 heavy (non-hydrogen) atoms. The molecule has 4 rings (SSSR count). The van der Waals surface area contributed by atoms with Gasteiger partial charge in [-0.25, -0.2) is 0 Å². The van der Waals surface area contributed by atoms with E-state index in [1.807, 2.05) is 6.07 Å². The smallest absolute Gasteiger partial charge is 0.0412 e. The molecular weight excluding hydrogens is 252 g/mol. The van der Waals surface area contributed by atoms with Crippen LogP contribution < -0.4 is 0 Å². The molecule has 1 aromatic rings. The molecule has 0 spiro atoms. The van der Waals surface area contributed by atoms with Crippen molar-refractivity contribution in [1.82, 2.24) is 0 Å². The average molecular weight is 271 g/mol. The summed E-state index contributed by atoms with van der Waals surface area (Å²) in [7, 11) is 0. The van der Waals surface area contributed by atoms with E-state index in [-0.39, 0.29) is 0 Å². The molecule has 2 fully saturated rings. The maximum atomic E-state index is 6.14. The Bertz CT molecular complexity index is 547. The molecule has 1 aromatic carbocycles. The molecule has 98 valence electrons. The van der Waals surface area contributed by atoms with Crippen LogP contribution in [0.3, 0.4) is 0 Å². The lowest BCUT2D eigenvalue weighted by atomic mass is 9.72. The van der Waals surface area contributed by atoms with E-state index >= 15 is 0 Å². The molecule has 3 aliphatic carbocycles. The predicted octanol–water partition coefficient (Wildman–Crippen LogP) is 5.49. The highest BCUT2D eigenvalue weighted by Crippen LogP contribution is 2.61. The molecule has 0 nitrogen and oxygen atoms in total. The molecule has 0 aliphatic heterocycles. The van der Waals surface area contributed by atoms with Crippen LogP contribution in [0, 0.1) is 17.3 Å². The summed E-state index contributed by atoms with van der Waals surface area (Å²) in [4.78, 5) is 0. The lowest BCUT2D eigenvalue weighted by Gasteiger charge is -2.32. The summed E-state index contributed by atoms with van der Waals surface area (Å²) in [5, 5.41) is 0.844. The van der Waals surface area contributed by atoms with E-state index in [1.165, 1.54) is 36.8 Å². The topological polar surface area (TPSA) is 0 Å². The monoisotopic (exact) mass is 270 g/mol. The first-order chi connectivity index (χ1) is 9.28. The van der Waals surface area contributed by atoms with Crippen molar-refractivity contribution in [2.75, 3.05) is 0 Å². The Morgan fingerprint density at radius 1 is 1.05 bits per heavy atom. The Morgan fingerprint density at radius 2 is 1.79 bits per heavy atom. The molecule has 0 aromatic heterocycles. The fraction of sp³-hybridized carbons (Fsp3) is 0.444. The molecule has 0 heterocycles. The lowest BCUT2D eigenvalue weighted by Crippen LogP contribution is -2.23. The van der Waals surface area contributed by atoms with Gasteiger partial charge in [0.25, 0.3) is 0 Å². The second kappa shape index (κ2) is 4.24. The van der Waals surface area contributed by atoms with Gasteiger partial charge in [0.05, 0.1) is 0 Å². The van der Waals surface area contributed by atoms with Gasteiger partial charge < -0.3 is 0 Å². The highest BCUT2D eigenvalue weighted by atomic mass is 35.5. The van der Waals surface area contributed by atoms with E-state index < -0.39 is 0 Å². The summed E-state index contributed by atoms with van der Waals surface area (Å²) in [5.41, 5.74) is 3.17. The zero-order chi connectivity index (χ0) is 12.9. The van der Waals surface area contributed by atoms with Crippen LogP contribution >= 0.6 is 11.6 Å². The van der Waals surface area contributed by atoms with Crippen LogP contribution in [0.1, 0.15) is 37.7 Å². The van der Waals surface area contributed by atoms with Crippen molar-refractivity contribution >= 4 is 17.2 Å². The van der Waals surface area contributed by atoms with E-state index in [9.17, 15) is 0 Å². The first-order valence-electron chi connectivity index (χ1n) is 7.43. The number of allylic oxidation sites excluding steroid dienone is 4. The van der Waals surface area contributed by atoms with E-state index in [1.54, 1.807) is 0 Å². The number of hydrogen-bond donors (Lipinski definition) is 0. The molecule has 0 N–H and O–H groups in total. The minimum Gasteiger partial charge on any atom is -0.0843 e. The van der Waals surface area contributed by atoms with Crippen molar-refractivity contribution in [2.24, 2.45) is 17.3 Å². The zero-order valence-electron chi connectivity index (χ0n) is 11.1. The number of halogens is 1. The Balaban J connectivity index is 1.74. The van der Waals surface area contributed by atoms with Crippen molar-refractivity contribution in [3.8, 4) is 0 Å². The first-order valence-corrected chi connectivity index (χ1v) is 7.81. The van der Waals surface area contributed by atoms with Gasteiger partial charge in [0.2, 0.25) is 0 Å². The summed E-state index contributed by atoms with van der Waals surface area (Å²) >= 11 is 6.14. The van der Waals surface area contributed by atoms with Crippen LogP contribution in [0.5, 0.6) is 0 Å². The van der Waals surface area contributed by atoms with Gasteiger partial charge in [-0.05, 0) is 67.2 Å².